The molecule has 2 aromatic carbocycles. The van der Waals surface area contributed by atoms with Gasteiger partial charge in [0.15, 0.2) is 0 Å². The van der Waals surface area contributed by atoms with Crippen LogP contribution in [-0.2, 0) is 0 Å². The Morgan fingerprint density at radius 3 is 2.38 bits per heavy atom. The molecule has 1 aliphatic rings. The fraction of sp³-hybridized carbons (Fsp3) is 0.368. The normalized spacial score (nSPS) is 21.1. The second kappa shape index (κ2) is 5.88. The lowest BCUT2D eigenvalue weighted by atomic mass is 9.76. The summed E-state index contributed by atoms with van der Waals surface area (Å²) >= 11 is 0. The summed E-state index contributed by atoms with van der Waals surface area (Å²) in [4.78, 5) is 0. The van der Waals surface area contributed by atoms with Crippen molar-refractivity contribution < 1.29 is 4.39 Å². The van der Waals surface area contributed by atoms with Crippen molar-refractivity contribution in [2.75, 3.05) is 5.32 Å². The van der Waals surface area contributed by atoms with Crippen LogP contribution in [0.3, 0.4) is 0 Å². The van der Waals surface area contributed by atoms with Crippen LogP contribution in [0.1, 0.15) is 49.7 Å². The molecule has 0 aliphatic heterocycles. The lowest BCUT2D eigenvalue weighted by Gasteiger charge is -2.37. The summed E-state index contributed by atoms with van der Waals surface area (Å²) in [5.41, 5.74) is 3.68. The number of hydrogen-bond acceptors (Lipinski definition) is 1. The molecule has 1 nitrogen and oxygen atoms in total. The largest absolute Gasteiger partial charge is 0.382 e. The van der Waals surface area contributed by atoms with E-state index >= 15 is 0 Å². The molecule has 3 rings (SSSR count). The first-order chi connectivity index (χ1) is 10.1. The van der Waals surface area contributed by atoms with Crippen LogP contribution in [0, 0.1) is 5.82 Å². The van der Waals surface area contributed by atoms with E-state index < -0.39 is 0 Å². The van der Waals surface area contributed by atoms with Crippen LogP contribution in [0.4, 0.5) is 10.1 Å². The van der Waals surface area contributed by atoms with Crippen LogP contribution in [0.15, 0.2) is 48.5 Å². The van der Waals surface area contributed by atoms with E-state index in [2.05, 4.69) is 43.4 Å². The molecular formula is C19H22FN. The molecule has 21 heavy (non-hydrogen) atoms. The summed E-state index contributed by atoms with van der Waals surface area (Å²) in [5.74, 6) is 0.932. The zero-order chi connectivity index (χ0) is 14.8. The molecule has 0 bridgehead atoms. The van der Waals surface area contributed by atoms with Gasteiger partial charge in [0.25, 0.3) is 0 Å². The molecule has 0 atom stereocenters. The number of rotatable bonds is 4. The lowest BCUT2D eigenvalue weighted by molar-refractivity contribution is 0.373. The summed E-state index contributed by atoms with van der Waals surface area (Å²) in [5, 5.41) is 3.57. The summed E-state index contributed by atoms with van der Waals surface area (Å²) in [6.45, 7) is 4.41. The topological polar surface area (TPSA) is 12.0 Å². The highest BCUT2D eigenvalue weighted by Crippen LogP contribution is 2.38. The number of benzene rings is 2. The summed E-state index contributed by atoms with van der Waals surface area (Å²) in [7, 11) is 0. The Morgan fingerprint density at radius 2 is 1.76 bits per heavy atom. The zero-order valence-electron chi connectivity index (χ0n) is 12.6. The minimum Gasteiger partial charge on any atom is -0.382 e. The average Bonchev–Trinajstić information content (AvgIpc) is 2.43. The van der Waals surface area contributed by atoms with Gasteiger partial charge in [-0.25, -0.2) is 4.39 Å². The van der Waals surface area contributed by atoms with Gasteiger partial charge in [-0.15, -0.1) is 0 Å². The summed E-state index contributed by atoms with van der Waals surface area (Å²) in [6.07, 6.45) is 2.16. The maximum absolute atomic E-state index is 13.2. The average molecular weight is 283 g/mol. The van der Waals surface area contributed by atoms with E-state index in [4.69, 9.17) is 0 Å². The Morgan fingerprint density at radius 1 is 1.05 bits per heavy atom. The van der Waals surface area contributed by atoms with Crippen molar-refractivity contribution in [3.8, 4) is 0 Å². The molecule has 0 spiro atoms. The molecule has 1 saturated carbocycles. The first-order valence-electron chi connectivity index (χ1n) is 7.74. The smallest absolute Gasteiger partial charge is 0.123 e. The number of halogens is 1. The number of nitrogens with one attached hydrogen (secondary N) is 1. The van der Waals surface area contributed by atoms with Crippen LogP contribution in [0.25, 0.3) is 0 Å². The molecule has 0 amide bonds. The third-order valence-electron chi connectivity index (χ3n) is 4.41. The van der Waals surface area contributed by atoms with E-state index in [1.807, 2.05) is 6.07 Å². The minimum absolute atomic E-state index is 0.131. The molecule has 0 saturated heterocycles. The van der Waals surface area contributed by atoms with Gasteiger partial charge in [0.1, 0.15) is 5.82 Å². The summed E-state index contributed by atoms with van der Waals surface area (Å²) < 4.78 is 13.2. The van der Waals surface area contributed by atoms with Crippen LogP contribution in [0.2, 0.25) is 0 Å². The van der Waals surface area contributed by atoms with E-state index in [1.165, 1.54) is 17.3 Å². The first-order valence-corrected chi connectivity index (χ1v) is 7.74. The number of anilines is 1. The fourth-order valence-corrected chi connectivity index (χ4v) is 2.97. The molecule has 1 fully saturated rings. The third kappa shape index (κ3) is 3.26. The molecule has 0 unspecified atom stereocenters. The third-order valence-corrected chi connectivity index (χ3v) is 4.41. The Labute approximate surface area is 126 Å². The highest BCUT2D eigenvalue weighted by Gasteiger charge is 2.30. The standard InChI is InChI=1S/C19H22FN/c1-13(2)14-6-8-18(9-7-14)21-19-11-16(12-19)15-4-3-5-17(20)10-15/h3-10,13,16,19,21H,11-12H2,1-2H3. The quantitative estimate of drug-likeness (QED) is 0.802. The van der Waals surface area contributed by atoms with E-state index in [-0.39, 0.29) is 5.82 Å². The van der Waals surface area contributed by atoms with Crippen molar-refractivity contribution in [3.05, 3.63) is 65.5 Å². The maximum Gasteiger partial charge on any atom is 0.123 e. The molecule has 110 valence electrons. The highest BCUT2D eigenvalue weighted by atomic mass is 19.1. The van der Waals surface area contributed by atoms with Crippen molar-refractivity contribution in [2.45, 2.75) is 44.6 Å². The monoisotopic (exact) mass is 283 g/mol. The van der Waals surface area contributed by atoms with Gasteiger partial charge in [-0.1, -0.05) is 38.1 Å². The van der Waals surface area contributed by atoms with E-state index in [0.717, 1.165) is 18.4 Å². The van der Waals surface area contributed by atoms with Crippen LogP contribution >= 0.6 is 0 Å². The number of hydrogen-bond donors (Lipinski definition) is 1. The Hall–Kier alpha value is -1.83. The second-order valence-corrected chi connectivity index (χ2v) is 6.34. The van der Waals surface area contributed by atoms with Gasteiger partial charge in [0.05, 0.1) is 0 Å². The van der Waals surface area contributed by atoms with Gasteiger partial charge < -0.3 is 5.32 Å². The molecule has 2 heteroatoms. The predicted octanol–water partition coefficient (Wildman–Crippen LogP) is 5.31. The Bertz CT molecular complexity index is 597. The van der Waals surface area contributed by atoms with Gasteiger partial charge in [0.2, 0.25) is 0 Å². The van der Waals surface area contributed by atoms with Crippen molar-refractivity contribution in [3.63, 3.8) is 0 Å². The Balaban J connectivity index is 1.55. The molecule has 1 N–H and O–H groups in total. The van der Waals surface area contributed by atoms with Crippen molar-refractivity contribution in [2.24, 2.45) is 0 Å². The first kappa shape index (κ1) is 14.1. The van der Waals surface area contributed by atoms with Crippen molar-refractivity contribution in [1.82, 2.24) is 0 Å². The predicted molar refractivity (Wildman–Crippen MR) is 86.3 cm³/mol. The zero-order valence-corrected chi connectivity index (χ0v) is 12.6. The molecule has 0 heterocycles. The van der Waals surface area contributed by atoms with Crippen molar-refractivity contribution in [1.29, 1.82) is 0 Å². The molecule has 0 aromatic heterocycles. The minimum atomic E-state index is -0.131. The second-order valence-electron chi connectivity index (χ2n) is 6.34. The van der Waals surface area contributed by atoms with E-state index in [1.54, 1.807) is 12.1 Å². The van der Waals surface area contributed by atoms with Gasteiger partial charge >= 0.3 is 0 Å². The Kier molecular flexibility index (Phi) is 3.96. The van der Waals surface area contributed by atoms with Gasteiger partial charge in [-0.3, -0.25) is 0 Å². The highest BCUT2D eigenvalue weighted by molar-refractivity contribution is 5.47. The van der Waals surface area contributed by atoms with E-state index in [0.29, 0.717) is 17.9 Å². The molecule has 1 aliphatic carbocycles. The van der Waals surface area contributed by atoms with Crippen molar-refractivity contribution >= 4 is 5.69 Å². The molecular weight excluding hydrogens is 261 g/mol. The maximum atomic E-state index is 13.2. The van der Waals surface area contributed by atoms with Crippen LogP contribution < -0.4 is 5.32 Å². The molecule has 2 aromatic rings. The lowest BCUT2D eigenvalue weighted by Crippen LogP contribution is -2.34. The fourth-order valence-electron chi connectivity index (χ4n) is 2.97. The van der Waals surface area contributed by atoms with E-state index in [9.17, 15) is 4.39 Å². The SMILES string of the molecule is CC(C)c1ccc(NC2CC(c3cccc(F)c3)C2)cc1. The van der Waals surface area contributed by atoms with Gasteiger partial charge in [-0.2, -0.15) is 0 Å². The van der Waals surface area contributed by atoms with Gasteiger partial charge in [0, 0.05) is 11.7 Å². The molecule has 0 radical (unpaired) electrons. The van der Waals surface area contributed by atoms with Gasteiger partial charge in [-0.05, 0) is 60.1 Å². The van der Waals surface area contributed by atoms with Crippen LogP contribution in [-0.4, -0.2) is 6.04 Å². The van der Waals surface area contributed by atoms with Crippen LogP contribution in [0.5, 0.6) is 0 Å². The summed E-state index contributed by atoms with van der Waals surface area (Å²) in [6, 6.07) is 16.2.